The van der Waals surface area contributed by atoms with Crippen molar-refractivity contribution < 1.29 is 0 Å². The van der Waals surface area contributed by atoms with Gasteiger partial charge in [-0.15, -0.1) is 0 Å². The summed E-state index contributed by atoms with van der Waals surface area (Å²) in [5.74, 6) is 0. The predicted octanol–water partition coefficient (Wildman–Crippen LogP) is 1.19. The van der Waals surface area contributed by atoms with Gasteiger partial charge in [0.2, 0.25) is 15.2 Å². The molecule has 6 heavy (non-hydrogen) atoms. The lowest BCUT2D eigenvalue weighted by molar-refractivity contribution is 1.65. The summed E-state index contributed by atoms with van der Waals surface area (Å²) in [7, 11) is 0. The van der Waals surface area contributed by atoms with Gasteiger partial charge < -0.3 is 0 Å². The van der Waals surface area contributed by atoms with Crippen LogP contribution in [0.4, 0.5) is 0 Å². The van der Waals surface area contributed by atoms with Gasteiger partial charge in [0.1, 0.15) is 0 Å². The topological polar surface area (TPSA) is 0 Å². The van der Waals surface area contributed by atoms with E-state index < -0.39 is 0 Å². The molecule has 0 atom stereocenters. The van der Waals surface area contributed by atoms with Gasteiger partial charge in [-0.2, -0.15) is 4.94 Å². The molecule has 1 heteroatoms. The molecule has 1 heterocycles. The Hall–Kier alpha value is 0.0125. The van der Waals surface area contributed by atoms with Gasteiger partial charge in [-0.25, -0.2) is 0 Å². The molecule has 1 aliphatic rings. The van der Waals surface area contributed by atoms with Crippen molar-refractivity contribution in [2.45, 2.75) is 5.28 Å². The van der Waals surface area contributed by atoms with Gasteiger partial charge >= 0.3 is 0 Å². The van der Waals surface area contributed by atoms with Gasteiger partial charge in [0.05, 0.1) is 0 Å². The molecular formula is C5H6Al. The van der Waals surface area contributed by atoms with Gasteiger partial charge in [0.15, 0.2) is 0 Å². The largest absolute Gasteiger partial charge is 0.243 e. The van der Waals surface area contributed by atoms with E-state index in [1.807, 2.05) is 0 Å². The van der Waals surface area contributed by atoms with E-state index in [2.05, 4.69) is 23.2 Å². The molecule has 0 aromatic rings. The van der Waals surface area contributed by atoms with Crippen LogP contribution in [0.1, 0.15) is 0 Å². The van der Waals surface area contributed by atoms with Crippen LogP contribution in [0.3, 0.4) is 0 Å². The van der Waals surface area contributed by atoms with E-state index in [0.717, 1.165) is 0 Å². The Balaban J connectivity index is 2.46. The zero-order valence-electron chi connectivity index (χ0n) is 3.59. The highest BCUT2D eigenvalue weighted by molar-refractivity contribution is 6.43. The lowest BCUT2D eigenvalue weighted by Crippen LogP contribution is -1.81. The van der Waals surface area contributed by atoms with Crippen LogP contribution in [-0.2, 0) is 0 Å². The van der Waals surface area contributed by atoms with Crippen molar-refractivity contribution in [3.63, 3.8) is 0 Å². The maximum atomic E-state index is 2.26. The molecule has 0 bridgehead atoms. The van der Waals surface area contributed by atoms with Crippen LogP contribution in [0.15, 0.2) is 23.2 Å². The summed E-state index contributed by atoms with van der Waals surface area (Å²) in [5, 5.41) is 1.32. The van der Waals surface area contributed by atoms with Crippen molar-refractivity contribution in [3.8, 4) is 0 Å². The highest BCUT2D eigenvalue weighted by Crippen LogP contribution is 1.90. The van der Waals surface area contributed by atoms with E-state index in [0.29, 0.717) is 15.2 Å². The standard InChI is InChI=1S/C5H6.Al/c1-3-5-4-2;/h1,3-5H,2H2;. The second-order valence-electron chi connectivity index (χ2n) is 1.28. The van der Waals surface area contributed by atoms with Crippen molar-refractivity contribution >= 4 is 15.2 Å². The molecule has 0 spiro atoms. The van der Waals surface area contributed by atoms with Crippen LogP contribution in [0, 0.1) is 0 Å². The maximum Gasteiger partial charge on any atom is 0.243 e. The Morgan fingerprint density at radius 1 is 1.33 bits per heavy atom. The molecule has 0 saturated carbocycles. The highest BCUT2D eigenvalue weighted by atomic mass is 27.1. The first-order chi connectivity index (χ1) is 3.00. The second kappa shape index (κ2) is 2.23. The first-order valence-electron chi connectivity index (χ1n) is 2.15. The minimum absolute atomic E-state index is 0.638. The molecule has 1 rings (SSSR count). The second-order valence-corrected chi connectivity index (χ2v) is 2.61. The van der Waals surface area contributed by atoms with Gasteiger partial charge in [0.25, 0.3) is 0 Å². The average molecular weight is 93.1 g/mol. The average Bonchev–Trinajstić information content (AvgIpc) is 1.72. The minimum atomic E-state index is 0.638. The Bertz CT molecular complexity index is 69.9. The van der Waals surface area contributed by atoms with Gasteiger partial charge in [-0.05, 0) is 0 Å². The van der Waals surface area contributed by atoms with E-state index in [9.17, 15) is 0 Å². The molecule has 0 nitrogen and oxygen atoms in total. The zero-order chi connectivity index (χ0) is 4.24. The normalized spacial score (nSPS) is 17.3. The third-order valence-corrected chi connectivity index (χ3v) is 1.81. The molecule has 0 unspecified atom stereocenters. The first-order valence-corrected chi connectivity index (χ1v) is 3.63. The number of rotatable bonds is 0. The monoisotopic (exact) mass is 93.0 g/mol. The molecule has 0 fully saturated rings. The van der Waals surface area contributed by atoms with E-state index in [1.54, 1.807) is 0 Å². The summed E-state index contributed by atoms with van der Waals surface area (Å²) in [6, 6.07) is 0. The summed E-state index contributed by atoms with van der Waals surface area (Å²) >= 11 is 0.638. The lowest BCUT2D eigenvalue weighted by Gasteiger charge is -1.85. The Morgan fingerprint density at radius 3 is 2.50 bits per heavy atom. The van der Waals surface area contributed by atoms with Crippen LogP contribution >= 0.6 is 0 Å². The predicted molar refractivity (Wildman–Crippen MR) is 28.8 cm³/mol. The van der Waals surface area contributed by atoms with Crippen LogP contribution in [0.25, 0.3) is 0 Å². The molecule has 0 aliphatic carbocycles. The summed E-state index contributed by atoms with van der Waals surface area (Å²) in [4.78, 5) is 2.26. The quantitative estimate of drug-likeness (QED) is 0.394. The molecule has 0 saturated heterocycles. The van der Waals surface area contributed by atoms with Crippen LogP contribution in [-0.4, -0.2) is 15.2 Å². The van der Waals surface area contributed by atoms with E-state index in [4.69, 9.17) is 0 Å². The van der Waals surface area contributed by atoms with Gasteiger partial charge in [-0.1, -0.05) is 23.5 Å². The highest BCUT2D eigenvalue weighted by Gasteiger charge is 1.82. The van der Waals surface area contributed by atoms with Crippen molar-refractivity contribution in [2.75, 3.05) is 0 Å². The van der Waals surface area contributed by atoms with Crippen molar-refractivity contribution in [3.05, 3.63) is 23.2 Å². The fourth-order valence-electron chi connectivity index (χ4n) is 0.457. The summed E-state index contributed by atoms with van der Waals surface area (Å²) < 4.78 is 0. The third kappa shape index (κ3) is 1.01. The molecule has 0 aromatic carbocycles. The molecule has 1 radical (unpaired) electrons. The van der Waals surface area contributed by atoms with E-state index in [1.165, 1.54) is 5.28 Å². The lowest BCUT2D eigenvalue weighted by atomic mass is 10.5. The molecule has 0 aromatic heterocycles. The van der Waals surface area contributed by atoms with E-state index in [-0.39, 0.29) is 0 Å². The molecule has 0 N–H and O–H groups in total. The number of hydrogen-bond acceptors (Lipinski definition) is 0. The van der Waals surface area contributed by atoms with Gasteiger partial charge in [-0.3, -0.25) is 0 Å². The van der Waals surface area contributed by atoms with Crippen molar-refractivity contribution in [1.29, 1.82) is 0 Å². The zero-order valence-corrected chi connectivity index (χ0v) is 4.75. The Labute approximate surface area is 44.3 Å². The smallest absolute Gasteiger partial charge is 0.156 e. The van der Waals surface area contributed by atoms with Crippen LogP contribution in [0.2, 0.25) is 5.28 Å². The molecule has 29 valence electrons. The fraction of sp³-hybridized carbons (Fsp3) is 0.200. The SMILES string of the molecule is C1=C[CH2][Al][CH]=C1. The van der Waals surface area contributed by atoms with Crippen molar-refractivity contribution in [1.82, 2.24) is 0 Å². The number of allylic oxidation sites excluding steroid dienone is 3. The fourth-order valence-corrected chi connectivity index (χ4v) is 1.21. The Morgan fingerprint density at radius 2 is 2.33 bits per heavy atom. The summed E-state index contributed by atoms with van der Waals surface area (Å²) in [6.07, 6.45) is 6.45. The molecule has 0 amide bonds. The minimum Gasteiger partial charge on any atom is -0.156 e. The van der Waals surface area contributed by atoms with Crippen LogP contribution < -0.4 is 0 Å². The summed E-state index contributed by atoms with van der Waals surface area (Å²) in [5.41, 5.74) is 0. The molecule has 1 aliphatic heterocycles. The third-order valence-electron chi connectivity index (χ3n) is 0.767. The summed E-state index contributed by atoms with van der Waals surface area (Å²) in [6.45, 7) is 0. The maximum absolute atomic E-state index is 2.26. The van der Waals surface area contributed by atoms with Crippen molar-refractivity contribution in [2.24, 2.45) is 0 Å². The van der Waals surface area contributed by atoms with Gasteiger partial charge in [0, 0.05) is 0 Å². The number of hydrogen-bond donors (Lipinski definition) is 0. The van der Waals surface area contributed by atoms with E-state index >= 15 is 0 Å². The first kappa shape index (κ1) is 4.18. The Kier molecular flexibility index (Phi) is 1.55. The van der Waals surface area contributed by atoms with Crippen LogP contribution in [0.5, 0.6) is 0 Å². The molecular weight excluding hydrogens is 87.0 g/mol.